The zero-order valence-corrected chi connectivity index (χ0v) is 10.3. The number of rotatable bonds is 2. The smallest absolute Gasteiger partial charge is 0.196 e. The van der Waals surface area contributed by atoms with Crippen molar-refractivity contribution in [2.24, 2.45) is 0 Å². The Bertz CT molecular complexity index is 713. The SMILES string of the molecule is O=C(c1ccc2c(c1)CNC2)c1ccc(F)c(F)c1F. The zero-order chi connectivity index (χ0) is 14.3. The Balaban J connectivity index is 2.03. The number of hydrogen-bond donors (Lipinski definition) is 1. The van der Waals surface area contributed by atoms with Gasteiger partial charge in [-0.1, -0.05) is 12.1 Å². The number of carbonyl (C=O) groups excluding carboxylic acids is 1. The molecule has 0 saturated carbocycles. The van der Waals surface area contributed by atoms with E-state index in [2.05, 4.69) is 5.32 Å². The molecular weight excluding hydrogens is 267 g/mol. The number of carbonyl (C=O) groups is 1. The van der Waals surface area contributed by atoms with Gasteiger partial charge in [-0.25, -0.2) is 13.2 Å². The molecule has 3 rings (SSSR count). The molecular formula is C15H10F3NO. The van der Waals surface area contributed by atoms with Gasteiger partial charge in [-0.05, 0) is 29.3 Å². The second-order valence-electron chi connectivity index (χ2n) is 4.64. The van der Waals surface area contributed by atoms with E-state index in [4.69, 9.17) is 0 Å². The van der Waals surface area contributed by atoms with Gasteiger partial charge in [0.05, 0.1) is 5.56 Å². The molecule has 1 aliphatic rings. The summed E-state index contributed by atoms with van der Waals surface area (Å²) in [6, 6.07) is 6.70. The van der Waals surface area contributed by atoms with Gasteiger partial charge in [-0.15, -0.1) is 0 Å². The normalized spacial score (nSPS) is 13.3. The molecule has 20 heavy (non-hydrogen) atoms. The van der Waals surface area contributed by atoms with Crippen molar-refractivity contribution in [1.29, 1.82) is 0 Å². The summed E-state index contributed by atoms with van der Waals surface area (Å²) in [5, 5.41) is 3.13. The number of halogens is 3. The second kappa shape index (κ2) is 4.76. The molecule has 102 valence electrons. The van der Waals surface area contributed by atoms with Crippen LogP contribution in [0.1, 0.15) is 27.0 Å². The van der Waals surface area contributed by atoms with Crippen molar-refractivity contribution in [3.05, 3.63) is 70.0 Å². The van der Waals surface area contributed by atoms with Gasteiger partial charge in [0.15, 0.2) is 23.2 Å². The molecule has 2 aromatic carbocycles. The van der Waals surface area contributed by atoms with E-state index in [1.807, 2.05) is 0 Å². The molecule has 2 aromatic rings. The summed E-state index contributed by atoms with van der Waals surface area (Å²) in [6.07, 6.45) is 0. The van der Waals surface area contributed by atoms with Crippen molar-refractivity contribution in [3.63, 3.8) is 0 Å². The lowest BCUT2D eigenvalue weighted by Gasteiger charge is -2.06. The lowest BCUT2D eigenvalue weighted by atomic mass is 9.99. The summed E-state index contributed by atoms with van der Waals surface area (Å²) in [6.45, 7) is 1.36. The fourth-order valence-electron chi connectivity index (χ4n) is 2.29. The largest absolute Gasteiger partial charge is 0.309 e. The third kappa shape index (κ3) is 2.00. The van der Waals surface area contributed by atoms with Gasteiger partial charge in [0.2, 0.25) is 0 Å². The van der Waals surface area contributed by atoms with Crippen molar-refractivity contribution in [1.82, 2.24) is 5.32 Å². The van der Waals surface area contributed by atoms with Crippen LogP contribution in [0.2, 0.25) is 0 Å². The zero-order valence-electron chi connectivity index (χ0n) is 10.3. The van der Waals surface area contributed by atoms with Crippen LogP contribution in [-0.2, 0) is 13.1 Å². The maximum Gasteiger partial charge on any atom is 0.196 e. The molecule has 5 heteroatoms. The van der Waals surface area contributed by atoms with E-state index in [1.54, 1.807) is 18.2 Å². The molecule has 2 nitrogen and oxygen atoms in total. The Morgan fingerprint density at radius 1 is 0.950 bits per heavy atom. The minimum Gasteiger partial charge on any atom is -0.309 e. The highest BCUT2D eigenvalue weighted by Crippen LogP contribution is 2.22. The van der Waals surface area contributed by atoms with Gasteiger partial charge < -0.3 is 5.32 Å². The average Bonchev–Trinajstić information content (AvgIpc) is 2.91. The third-order valence-corrected chi connectivity index (χ3v) is 3.38. The molecule has 0 aromatic heterocycles. The molecule has 0 saturated heterocycles. The number of hydrogen-bond acceptors (Lipinski definition) is 2. The molecule has 0 atom stereocenters. The summed E-state index contributed by atoms with van der Waals surface area (Å²) < 4.78 is 39.7. The number of ketones is 1. The van der Waals surface area contributed by atoms with Crippen LogP contribution in [0.15, 0.2) is 30.3 Å². The molecule has 1 aliphatic heterocycles. The van der Waals surface area contributed by atoms with E-state index >= 15 is 0 Å². The fraction of sp³-hybridized carbons (Fsp3) is 0.133. The minimum atomic E-state index is -1.63. The molecule has 0 aliphatic carbocycles. The van der Waals surface area contributed by atoms with Crippen LogP contribution >= 0.6 is 0 Å². The van der Waals surface area contributed by atoms with Crippen molar-refractivity contribution >= 4 is 5.78 Å². The van der Waals surface area contributed by atoms with Crippen LogP contribution in [0, 0.1) is 17.5 Å². The summed E-state index contributed by atoms with van der Waals surface area (Å²) in [4.78, 5) is 12.2. The maximum absolute atomic E-state index is 13.6. The van der Waals surface area contributed by atoms with Crippen LogP contribution in [0.25, 0.3) is 0 Å². The van der Waals surface area contributed by atoms with E-state index < -0.39 is 28.8 Å². The van der Waals surface area contributed by atoms with Crippen LogP contribution in [0.3, 0.4) is 0 Å². The van der Waals surface area contributed by atoms with Crippen LogP contribution in [-0.4, -0.2) is 5.78 Å². The molecule has 1 heterocycles. The lowest BCUT2D eigenvalue weighted by molar-refractivity contribution is 0.103. The number of fused-ring (bicyclic) bond motifs is 1. The lowest BCUT2D eigenvalue weighted by Crippen LogP contribution is -2.07. The van der Waals surface area contributed by atoms with E-state index in [0.29, 0.717) is 6.54 Å². The predicted molar refractivity (Wildman–Crippen MR) is 66.7 cm³/mol. The van der Waals surface area contributed by atoms with Gasteiger partial charge in [0.25, 0.3) is 0 Å². The highest BCUT2D eigenvalue weighted by molar-refractivity contribution is 6.09. The topological polar surface area (TPSA) is 29.1 Å². The average molecular weight is 277 g/mol. The van der Waals surface area contributed by atoms with E-state index in [1.165, 1.54) is 0 Å². The Hall–Kier alpha value is -2.14. The number of nitrogens with one attached hydrogen (secondary N) is 1. The van der Waals surface area contributed by atoms with Crippen LogP contribution in [0.4, 0.5) is 13.2 Å². The quantitative estimate of drug-likeness (QED) is 0.675. The van der Waals surface area contributed by atoms with Crippen molar-refractivity contribution in [2.75, 3.05) is 0 Å². The first-order chi connectivity index (χ1) is 9.58. The van der Waals surface area contributed by atoms with Crippen molar-refractivity contribution in [2.45, 2.75) is 13.1 Å². The standard InChI is InChI=1S/C15H10F3NO/c16-12-4-3-11(13(17)14(12)18)15(20)8-1-2-9-6-19-7-10(9)5-8/h1-5,19H,6-7H2. The Morgan fingerprint density at radius 2 is 1.70 bits per heavy atom. The Morgan fingerprint density at radius 3 is 2.50 bits per heavy atom. The van der Waals surface area contributed by atoms with E-state index in [9.17, 15) is 18.0 Å². The molecule has 0 bridgehead atoms. The van der Waals surface area contributed by atoms with Gasteiger partial charge in [0.1, 0.15) is 0 Å². The van der Waals surface area contributed by atoms with Crippen LogP contribution < -0.4 is 5.32 Å². The molecule has 0 radical (unpaired) electrons. The monoisotopic (exact) mass is 277 g/mol. The maximum atomic E-state index is 13.6. The van der Waals surface area contributed by atoms with Crippen LogP contribution in [0.5, 0.6) is 0 Å². The Kier molecular flexibility index (Phi) is 3.06. The Labute approximate surface area is 113 Å². The first kappa shape index (κ1) is 12.9. The first-order valence-corrected chi connectivity index (χ1v) is 6.08. The van der Waals surface area contributed by atoms with Gasteiger partial charge >= 0.3 is 0 Å². The molecule has 1 N–H and O–H groups in total. The molecule has 0 fully saturated rings. The van der Waals surface area contributed by atoms with Gasteiger partial charge in [-0.3, -0.25) is 4.79 Å². The fourth-order valence-corrected chi connectivity index (χ4v) is 2.29. The first-order valence-electron chi connectivity index (χ1n) is 6.08. The van der Waals surface area contributed by atoms with Gasteiger partial charge in [0, 0.05) is 18.7 Å². The third-order valence-electron chi connectivity index (χ3n) is 3.38. The highest BCUT2D eigenvalue weighted by Gasteiger charge is 2.21. The summed E-state index contributed by atoms with van der Waals surface area (Å²) in [5.74, 6) is -5.04. The van der Waals surface area contributed by atoms with E-state index in [0.717, 1.165) is 29.8 Å². The number of benzene rings is 2. The molecule has 0 unspecified atom stereocenters. The molecule has 0 amide bonds. The molecule has 0 spiro atoms. The minimum absolute atomic E-state index is 0.261. The summed E-state index contributed by atoms with van der Waals surface area (Å²) in [7, 11) is 0. The van der Waals surface area contributed by atoms with Crippen molar-refractivity contribution in [3.8, 4) is 0 Å². The predicted octanol–water partition coefficient (Wildman–Crippen LogP) is 2.94. The summed E-state index contributed by atoms with van der Waals surface area (Å²) in [5.41, 5.74) is 1.83. The highest BCUT2D eigenvalue weighted by atomic mass is 19.2. The summed E-state index contributed by atoms with van der Waals surface area (Å²) >= 11 is 0. The van der Waals surface area contributed by atoms with E-state index in [-0.39, 0.29) is 5.56 Å². The second-order valence-corrected chi connectivity index (χ2v) is 4.64. The van der Waals surface area contributed by atoms with Gasteiger partial charge in [-0.2, -0.15) is 0 Å². The van der Waals surface area contributed by atoms with Crippen molar-refractivity contribution < 1.29 is 18.0 Å².